The maximum absolute atomic E-state index is 4.38. The molecule has 0 spiro atoms. The summed E-state index contributed by atoms with van der Waals surface area (Å²) in [6, 6.07) is 4.73. The minimum Gasteiger partial charge on any atom is -0.352 e. The van der Waals surface area contributed by atoms with Gasteiger partial charge in [0.15, 0.2) is 5.82 Å². The van der Waals surface area contributed by atoms with Crippen molar-refractivity contribution in [1.29, 1.82) is 0 Å². The van der Waals surface area contributed by atoms with E-state index in [1.165, 1.54) is 0 Å². The van der Waals surface area contributed by atoms with Crippen LogP contribution in [0.15, 0.2) is 24.5 Å². The highest BCUT2D eigenvalue weighted by atomic mass is 15.4. The Morgan fingerprint density at radius 1 is 1.22 bits per heavy atom. The molecule has 0 amide bonds. The van der Waals surface area contributed by atoms with E-state index in [2.05, 4.69) is 70.3 Å². The molecule has 0 radical (unpaired) electrons. The van der Waals surface area contributed by atoms with Crippen molar-refractivity contribution in [2.45, 2.75) is 38.8 Å². The number of likely N-dealkylation sites (N-methyl/N-ethyl adjacent to an activating group) is 1. The van der Waals surface area contributed by atoms with Gasteiger partial charge in [-0.3, -0.25) is 9.58 Å². The average Bonchev–Trinajstić information content (AvgIpc) is 2.96. The van der Waals surface area contributed by atoms with Crippen LogP contribution in [0.25, 0.3) is 0 Å². The summed E-state index contributed by atoms with van der Waals surface area (Å²) in [6.07, 6.45) is 3.61. The Morgan fingerprint density at radius 2 is 2.00 bits per heavy atom. The van der Waals surface area contributed by atoms with Crippen LogP contribution in [0.1, 0.15) is 26.5 Å². The molecule has 0 atom stereocenters. The van der Waals surface area contributed by atoms with E-state index in [9.17, 15) is 0 Å². The number of hydrogen-bond donors (Lipinski definition) is 0. The first-order valence-electron chi connectivity index (χ1n) is 8.07. The second-order valence-corrected chi connectivity index (χ2v) is 7.23. The van der Waals surface area contributed by atoms with Crippen molar-refractivity contribution in [3.63, 3.8) is 0 Å². The zero-order valence-electron chi connectivity index (χ0n) is 14.3. The lowest BCUT2D eigenvalue weighted by Gasteiger charge is -2.44. The van der Waals surface area contributed by atoms with E-state index in [-0.39, 0.29) is 5.41 Å². The number of aromatic nitrogens is 5. The van der Waals surface area contributed by atoms with Crippen LogP contribution >= 0.6 is 0 Å². The first-order chi connectivity index (χ1) is 10.9. The normalized spacial score (nSPS) is 16.0. The Hall–Kier alpha value is -2.02. The van der Waals surface area contributed by atoms with Gasteiger partial charge in [0.25, 0.3) is 0 Å². The molecular formula is C16H25N7. The van der Waals surface area contributed by atoms with Gasteiger partial charge in [0.2, 0.25) is 0 Å². The maximum Gasteiger partial charge on any atom is 0.151 e. The van der Waals surface area contributed by atoms with E-state index in [1.54, 1.807) is 6.20 Å². The van der Waals surface area contributed by atoms with Crippen molar-refractivity contribution in [1.82, 2.24) is 30.1 Å². The summed E-state index contributed by atoms with van der Waals surface area (Å²) in [4.78, 5) is 4.64. The molecule has 3 heterocycles. The fraction of sp³-hybridized carbons (Fsp3) is 0.625. The summed E-state index contributed by atoms with van der Waals surface area (Å²) in [6.45, 7) is 10.3. The summed E-state index contributed by atoms with van der Waals surface area (Å²) in [7, 11) is 2.16. The zero-order chi connectivity index (χ0) is 16.4. The zero-order valence-corrected chi connectivity index (χ0v) is 14.3. The highest BCUT2D eigenvalue weighted by Gasteiger charge is 2.31. The first-order valence-corrected chi connectivity index (χ1v) is 8.07. The molecule has 0 saturated carbocycles. The quantitative estimate of drug-likeness (QED) is 0.826. The maximum atomic E-state index is 4.38. The molecule has 0 unspecified atom stereocenters. The minimum absolute atomic E-state index is 0.0462. The van der Waals surface area contributed by atoms with Crippen LogP contribution in [0.2, 0.25) is 0 Å². The monoisotopic (exact) mass is 315 g/mol. The third-order valence-corrected chi connectivity index (χ3v) is 4.38. The van der Waals surface area contributed by atoms with Gasteiger partial charge in [-0.1, -0.05) is 26.0 Å². The predicted molar refractivity (Wildman–Crippen MR) is 89.4 cm³/mol. The van der Waals surface area contributed by atoms with Crippen molar-refractivity contribution in [3.05, 3.63) is 30.2 Å². The van der Waals surface area contributed by atoms with Gasteiger partial charge >= 0.3 is 0 Å². The molecule has 0 N–H and O–H groups in total. The molecule has 2 aromatic heterocycles. The van der Waals surface area contributed by atoms with E-state index < -0.39 is 0 Å². The van der Waals surface area contributed by atoms with Gasteiger partial charge in [-0.05, 0) is 19.2 Å². The summed E-state index contributed by atoms with van der Waals surface area (Å²) >= 11 is 0. The molecular weight excluding hydrogens is 290 g/mol. The molecule has 124 valence electrons. The van der Waals surface area contributed by atoms with E-state index >= 15 is 0 Å². The lowest BCUT2D eigenvalue weighted by Crippen LogP contribution is -2.59. The molecule has 0 aromatic carbocycles. The largest absolute Gasteiger partial charge is 0.352 e. The molecule has 0 bridgehead atoms. The van der Waals surface area contributed by atoms with E-state index in [1.807, 2.05) is 10.9 Å². The topological polar surface area (TPSA) is 63.0 Å². The summed E-state index contributed by atoms with van der Waals surface area (Å²) in [5.74, 6) is 0.971. The van der Waals surface area contributed by atoms with Gasteiger partial charge in [-0.2, -0.15) is 5.10 Å². The molecule has 3 rings (SSSR count). The lowest BCUT2D eigenvalue weighted by molar-refractivity contribution is 0.194. The van der Waals surface area contributed by atoms with Crippen molar-refractivity contribution >= 4 is 5.82 Å². The van der Waals surface area contributed by atoms with Crippen LogP contribution < -0.4 is 4.90 Å². The fourth-order valence-electron chi connectivity index (χ4n) is 2.61. The molecule has 1 aliphatic heterocycles. The van der Waals surface area contributed by atoms with Gasteiger partial charge in [0, 0.05) is 37.3 Å². The molecule has 1 aliphatic rings. The van der Waals surface area contributed by atoms with Gasteiger partial charge in [-0.25, -0.2) is 0 Å². The smallest absolute Gasteiger partial charge is 0.151 e. The number of anilines is 1. The second-order valence-electron chi connectivity index (χ2n) is 7.23. The molecule has 7 heteroatoms. The number of hydrogen-bond acceptors (Lipinski definition) is 6. The third-order valence-electron chi connectivity index (χ3n) is 4.38. The van der Waals surface area contributed by atoms with Gasteiger partial charge in [0.1, 0.15) is 0 Å². The fourth-order valence-corrected chi connectivity index (χ4v) is 2.61. The highest BCUT2D eigenvalue weighted by Crippen LogP contribution is 2.24. The van der Waals surface area contributed by atoms with Crippen LogP contribution in [0.4, 0.5) is 5.82 Å². The molecule has 0 aliphatic carbocycles. The number of nitrogens with zero attached hydrogens (tertiary/aromatic N) is 7. The van der Waals surface area contributed by atoms with Crippen LogP contribution in [0.3, 0.4) is 0 Å². The standard InChI is InChI=1S/C16H25N7/c1-16(2,3)14-5-6-15(19-18-14)22-11-13(12-22)21(4)9-10-23-8-7-17-20-23/h5-8,13H,9-12H2,1-4H3. The van der Waals surface area contributed by atoms with Crippen molar-refractivity contribution in [3.8, 4) is 0 Å². The average molecular weight is 315 g/mol. The van der Waals surface area contributed by atoms with E-state index in [0.717, 1.165) is 37.7 Å². The van der Waals surface area contributed by atoms with Gasteiger partial charge < -0.3 is 4.90 Å². The van der Waals surface area contributed by atoms with E-state index in [4.69, 9.17) is 0 Å². The summed E-state index contributed by atoms with van der Waals surface area (Å²) < 4.78 is 1.86. The Kier molecular flexibility index (Phi) is 4.30. The third kappa shape index (κ3) is 3.67. The number of rotatable bonds is 5. The van der Waals surface area contributed by atoms with Crippen molar-refractivity contribution in [2.75, 3.05) is 31.6 Å². The summed E-state index contributed by atoms with van der Waals surface area (Å²) in [5.41, 5.74) is 1.08. The Morgan fingerprint density at radius 3 is 2.57 bits per heavy atom. The van der Waals surface area contributed by atoms with Crippen molar-refractivity contribution < 1.29 is 0 Å². The van der Waals surface area contributed by atoms with Crippen LogP contribution in [0.5, 0.6) is 0 Å². The molecule has 23 heavy (non-hydrogen) atoms. The lowest BCUT2D eigenvalue weighted by atomic mass is 9.92. The SMILES string of the molecule is CN(CCn1ccnn1)C1CN(c2ccc(C(C)(C)C)nn2)C1. The van der Waals surface area contributed by atoms with Crippen molar-refractivity contribution in [2.24, 2.45) is 0 Å². The van der Waals surface area contributed by atoms with E-state index in [0.29, 0.717) is 6.04 Å². The Balaban J connectivity index is 1.48. The Labute approximate surface area is 137 Å². The molecule has 7 nitrogen and oxygen atoms in total. The van der Waals surface area contributed by atoms with Crippen LogP contribution in [-0.4, -0.2) is 62.8 Å². The molecule has 1 fully saturated rings. The van der Waals surface area contributed by atoms with Gasteiger partial charge in [0.05, 0.1) is 18.4 Å². The second kappa shape index (κ2) is 6.23. The predicted octanol–water partition coefficient (Wildman–Crippen LogP) is 1.19. The molecule has 2 aromatic rings. The highest BCUT2D eigenvalue weighted by molar-refractivity contribution is 5.42. The van der Waals surface area contributed by atoms with Crippen LogP contribution in [-0.2, 0) is 12.0 Å². The van der Waals surface area contributed by atoms with Gasteiger partial charge in [-0.15, -0.1) is 10.2 Å². The Bertz CT molecular complexity index is 609. The first kappa shape index (κ1) is 15.9. The van der Waals surface area contributed by atoms with Crippen LogP contribution in [0, 0.1) is 0 Å². The molecule has 1 saturated heterocycles. The summed E-state index contributed by atoms with van der Waals surface area (Å²) in [5, 5.41) is 16.6. The minimum atomic E-state index is 0.0462.